The summed E-state index contributed by atoms with van der Waals surface area (Å²) in [6, 6.07) is 7.86. The molecule has 0 radical (unpaired) electrons. The molecule has 1 fully saturated rings. The Labute approximate surface area is 110 Å². The highest BCUT2D eigenvalue weighted by Crippen LogP contribution is 2.22. The fourth-order valence-corrected chi connectivity index (χ4v) is 2.20. The van der Waals surface area contributed by atoms with Gasteiger partial charge in [0, 0.05) is 23.2 Å². The molecule has 2 rings (SSSR count). The van der Waals surface area contributed by atoms with E-state index in [1.807, 2.05) is 24.3 Å². The Balaban J connectivity index is 1.77. The summed E-state index contributed by atoms with van der Waals surface area (Å²) in [6.45, 7) is 2.21. The molecule has 1 aliphatic heterocycles. The highest BCUT2D eigenvalue weighted by molar-refractivity contribution is 9.10. The van der Waals surface area contributed by atoms with Crippen LogP contribution in [0.15, 0.2) is 28.7 Å². The van der Waals surface area contributed by atoms with Crippen molar-refractivity contribution in [3.05, 3.63) is 28.7 Å². The molecule has 1 aliphatic rings. The van der Waals surface area contributed by atoms with Crippen LogP contribution >= 0.6 is 15.9 Å². The number of hydrogen-bond acceptors (Lipinski definition) is 3. The zero-order chi connectivity index (χ0) is 12.1. The Morgan fingerprint density at radius 3 is 2.53 bits per heavy atom. The zero-order valence-corrected chi connectivity index (χ0v) is 11.4. The first-order chi connectivity index (χ1) is 8.18. The van der Waals surface area contributed by atoms with Crippen molar-refractivity contribution in [3.8, 4) is 5.75 Å². The molecule has 0 aliphatic carbocycles. The lowest BCUT2D eigenvalue weighted by atomic mass is 9.88. The second kappa shape index (κ2) is 5.85. The Morgan fingerprint density at radius 2 is 1.88 bits per heavy atom. The van der Waals surface area contributed by atoms with E-state index in [0.29, 0.717) is 6.61 Å². The summed E-state index contributed by atoms with van der Waals surface area (Å²) in [5.41, 5.74) is 6.18. The molecule has 0 atom stereocenters. The van der Waals surface area contributed by atoms with Crippen LogP contribution in [-0.2, 0) is 4.74 Å². The number of halogens is 1. The molecule has 1 aromatic rings. The summed E-state index contributed by atoms with van der Waals surface area (Å²) in [6.07, 6.45) is 2.74. The monoisotopic (exact) mass is 299 g/mol. The largest absolute Gasteiger partial charge is 0.494 e. The lowest BCUT2D eigenvalue weighted by Crippen LogP contribution is -2.46. The predicted molar refractivity (Wildman–Crippen MR) is 71.2 cm³/mol. The van der Waals surface area contributed by atoms with E-state index >= 15 is 0 Å². The summed E-state index contributed by atoms with van der Waals surface area (Å²) < 4.78 is 12.1. The fraction of sp³-hybridized carbons (Fsp3) is 0.538. The molecule has 0 bridgehead atoms. The van der Waals surface area contributed by atoms with Crippen molar-refractivity contribution in [2.45, 2.75) is 24.8 Å². The molecule has 2 N–H and O–H groups in total. The van der Waals surface area contributed by atoms with Gasteiger partial charge in [0.1, 0.15) is 5.75 Å². The number of rotatable bonds is 4. The van der Waals surface area contributed by atoms with Crippen molar-refractivity contribution in [1.29, 1.82) is 0 Å². The molecule has 3 nitrogen and oxygen atoms in total. The van der Waals surface area contributed by atoms with Crippen LogP contribution in [-0.4, -0.2) is 25.4 Å². The third kappa shape index (κ3) is 3.98. The van der Waals surface area contributed by atoms with Crippen LogP contribution in [0.4, 0.5) is 0 Å². The molecule has 0 saturated carbocycles. The lowest BCUT2D eigenvalue weighted by Gasteiger charge is -2.33. The van der Waals surface area contributed by atoms with Crippen molar-refractivity contribution >= 4 is 15.9 Å². The van der Waals surface area contributed by atoms with E-state index < -0.39 is 0 Å². The first-order valence-electron chi connectivity index (χ1n) is 5.93. The number of benzene rings is 1. The second-order valence-corrected chi connectivity index (χ2v) is 5.44. The van der Waals surface area contributed by atoms with Gasteiger partial charge >= 0.3 is 0 Å². The molecular formula is C13H18BrNO2. The fourth-order valence-electron chi connectivity index (χ4n) is 1.93. The van der Waals surface area contributed by atoms with Crippen LogP contribution in [0, 0.1) is 0 Å². The van der Waals surface area contributed by atoms with Gasteiger partial charge in [-0.05, 0) is 43.5 Å². The molecule has 1 heterocycles. The normalized spacial score (nSPS) is 18.9. The predicted octanol–water partition coefficient (Wildman–Crippen LogP) is 2.73. The van der Waals surface area contributed by atoms with E-state index in [1.165, 1.54) is 0 Å². The van der Waals surface area contributed by atoms with E-state index in [0.717, 1.165) is 42.7 Å². The maximum Gasteiger partial charge on any atom is 0.119 e. The maximum atomic E-state index is 6.28. The minimum atomic E-state index is -0.104. The minimum absolute atomic E-state index is 0.104. The van der Waals surface area contributed by atoms with Gasteiger partial charge in [-0.25, -0.2) is 0 Å². The van der Waals surface area contributed by atoms with Gasteiger partial charge < -0.3 is 15.2 Å². The molecule has 1 saturated heterocycles. The molecular weight excluding hydrogens is 282 g/mol. The molecule has 17 heavy (non-hydrogen) atoms. The third-order valence-electron chi connectivity index (χ3n) is 3.17. The van der Waals surface area contributed by atoms with Gasteiger partial charge in [0.25, 0.3) is 0 Å². The molecule has 0 spiro atoms. The van der Waals surface area contributed by atoms with E-state index in [9.17, 15) is 0 Å². The third-order valence-corrected chi connectivity index (χ3v) is 3.70. The van der Waals surface area contributed by atoms with Gasteiger partial charge in [-0.1, -0.05) is 15.9 Å². The smallest absolute Gasteiger partial charge is 0.119 e. The first-order valence-corrected chi connectivity index (χ1v) is 6.72. The van der Waals surface area contributed by atoms with Crippen molar-refractivity contribution in [2.24, 2.45) is 5.73 Å². The molecule has 94 valence electrons. The SMILES string of the molecule is NC1(CCOc2ccc(Br)cc2)CCOCC1. The van der Waals surface area contributed by atoms with Gasteiger partial charge in [-0.3, -0.25) is 0 Å². The summed E-state index contributed by atoms with van der Waals surface area (Å²) in [7, 11) is 0. The standard InChI is InChI=1S/C13H18BrNO2/c14-11-1-3-12(4-2-11)17-10-7-13(15)5-8-16-9-6-13/h1-4H,5-10,15H2. The average Bonchev–Trinajstić information content (AvgIpc) is 2.32. The summed E-state index contributed by atoms with van der Waals surface area (Å²) >= 11 is 3.40. The van der Waals surface area contributed by atoms with Crippen LogP contribution < -0.4 is 10.5 Å². The van der Waals surface area contributed by atoms with Gasteiger partial charge in [0.15, 0.2) is 0 Å². The lowest BCUT2D eigenvalue weighted by molar-refractivity contribution is 0.0451. The van der Waals surface area contributed by atoms with Crippen molar-refractivity contribution in [1.82, 2.24) is 0 Å². The molecule has 1 aromatic carbocycles. The Kier molecular flexibility index (Phi) is 4.42. The molecule has 4 heteroatoms. The Bertz CT molecular complexity index is 347. The topological polar surface area (TPSA) is 44.5 Å². The first kappa shape index (κ1) is 12.9. The van der Waals surface area contributed by atoms with Gasteiger partial charge in [0.05, 0.1) is 6.61 Å². The van der Waals surface area contributed by atoms with E-state index in [1.54, 1.807) is 0 Å². The zero-order valence-electron chi connectivity index (χ0n) is 9.82. The Morgan fingerprint density at radius 1 is 1.24 bits per heavy atom. The van der Waals surface area contributed by atoms with E-state index in [-0.39, 0.29) is 5.54 Å². The van der Waals surface area contributed by atoms with Crippen molar-refractivity contribution in [2.75, 3.05) is 19.8 Å². The summed E-state index contributed by atoms with van der Waals surface area (Å²) in [5.74, 6) is 0.892. The maximum absolute atomic E-state index is 6.28. The average molecular weight is 300 g/mol. The molecule has 0 unspecified atom stereocenters. The molecule has 0 amide bonds. The number of nitrogens with two attached hydrogens (primary N) is 1. The van der Waals surface area contributed by atoms with Gasteiger partial charge in [-0.15, -0.1) is 0 Å². The van der Waals surface area contributed by atoms with Crippen LogP contribution in [0.25, 0.3) is 0 Å². The van der Waals surface area contributed by atoms with Crippen molar-refractivity contribution in [3.63, 3.8) is 0 Å². The van der Waals surface area contributed by atoms with Gasteiger partial charge in [-0.2, -0.15) is 0 Å². The minimum Gasteiger partial charge on any atom is -0.494 e. The Hall–Kier alpha value is -0.580. The quantitative estimate of drug-likeness (QED) is 0.930. The van der Waals surface area contributed by atoms with Crippen LogP contribution in [0.5, 0.6) is 5.75 Å². The van der Waals surface area contributed by atoms with E-state index in [2.05, 4.69) is 15.9 Å². The number of ether oxygens (including phenoxy) is 2. The van der Waals surface area contributed by atoms with Crippen LogP contribution in [0.3, 0.4) is 0 Å². The summed E-state index contributed by atoms with van der Waals surface area (Å²) in [5, 5.41) is 0. The molecule has 0 aromatic heterocycles. The highest BCUT2D eigenvalue weighted by atomic mass is 79.9. The van der Waals surface area contributed by atoms with E-state index in [4.69, 9.17) is 15.2 Å². The van der Waals surface area contributed by atoms with Crippen LogP contribution in [0.2, 0.25) is 0 Å². The van der Waals surface area contributed by atoms with Crippen LogP contribution in [0.1, 0.15) is 19.3 Å². The number of hydrogen-bond donors (Lipinski definition) is 1. The summed E-state index contributed by atoms with van der Waals surface area (Å²) in [4.78, 5) is 0. The highest BCUT2D eigenvalue weighted by Gasteiger charge is 2.27. The second-order valence-electron chi connectivity index (χ2n) is 4.53. The van der Waals surface area contributed by atoms with Crippen molar-refractivity contribution < 1.29 is 9.47 Å². The van der Waals surface area contributed by atoms with Gasteiger partial charge in [0.2, 0.25) is 0 Å².